The van der Waals surface area contributed by atoms with Crippen molar-refractivity contribution in [2.45, 2.75) is 32.6 Å². The van der Waals surface area contributed by atoms with Gasteiger partial charge in [0.1, 0.15) is 0 Å². The van der Waals surface area contributed by atoms with E-state index in [1.807, 2.05) is 6.07 Å². The van der Waals surface area contributed by atoms with Gasteiger partial charge in [-0.25, -0.2) is 9.97 Å². The molecule has 0 saturated carbocycles. The highest BCUT2D eigenvalue weighted by Crippen LogP contribution is 2.23. The van der Waals surface area contributed by atoms with E-state index in [1.54, 1.807) is 12.4 Å². The predicted molar refractivity (Wildman–Crippen MR) is 96.1 cm³/mol. The van der Waals surface area contributed by atoms with Gasteiger partial charge < -0.3 is 0 Å². The van der Waals surface area contributed by atoms with Crippen LogP contribution in [0.25, 0.3) is 22.5 Å². The number of benzene rings is 2. The van der Waals surface area contributed by atoms with Crippen LogP contribution >= 0.6 is 0 Å². The Kier molecular flexibility index (Phi) is 5.15. The zero-order valence-corrected chi connectivity index (χ0v) is 13.6. The second kappa shape index (κ2) is 7.68. The molecule has 3 aromatic rings. The molecule has 3 rings (SSSR count). The van der Waals surface area contributed by atoms with E-state index in [0.29, 0.717) is 0 Å². The Balaban J connectivity index is 1.72. The molecule has 116 valence electrons. The second-order valence-corrected chi connectivity index (χ2v) is 5.80. The SMILES string of the molecule is CCCCCc1ccc(-c2ccc(-c3ncccn3)cc2)cc1. The minimum absolute atomic E-state index is 0.769. The van der Waals surface area contributed by atoms with Gasteiger partial charge in [-0.2, -0.15) is 0 Å². The van der Waals surface area contributed by atoms with Crippen LogP contribution in [-0.4, -0.2) is 9.97 Å². The third-order valence-corrected chi connectivity index (χ3v) is 4.07. The van der Waals surface area contributed by atoms with E-state index in [0.717, 1.165) is 11.4 Å². The van der Waals surface area contributed by atoms with Crippen molar-refractivity contribution in [2.75, 3.05) is 0 Å². The van der Waals surface area contributed by atoms with Crippen LogP contribution < -0.4 is 0 Å². The van der Waals surface area contributed by atoms with Crippen LogP contribution in [0.1, 0.15) is 31.7 Å². The molecule has 0 aliphatic carbocycles. The molecule has 0 saturated heterocycles. The first-order valence-corrected chi connectivity index (χ1v) is 8.33. The van der Waals surface area contributed by atoms with Crippen molar-refractivity contribution in [3.8, 4) is 22.5 Å². The summed E-state index contributed by atoms with van der Waals surface area (Å²) in [6, 6.07) is 19.2. The van der Waals surface area contributed by atoms with E-state index >= 15 is 0 Å². The lowest BCUT2D eigenvalue weighted by Crippen LogP contribution is -1.88. The van der Waals surface area contributed by atoms with Crippen LogP contribution in [0.15, 0.2) is 67.0 Å². The number of hydrogen-bond acceptors (Lipinski definition) is 2. The average molecular weight is 302 g/mol. The number of nitrogens with zero attached hydrogens (tertiary/aromatic N) is 2. The standard InChI is InChI=1S/C21H22N2/c1-2-3-4-6-17-7-9-18(10-8-17)19-11-13-20(14-12-19)21-22-15-5-16-23-21/h5,7-16H,2-4,6H2,1H3. The van der Waals surface area contributed by atoms with Crippen LogP contribution in [0.4, 0.5) is 0 Å². The Bertz CT molecular complexity index is 716. The molecule has 23 heavy (non-hydrogen) atoms. The van der Waals surface area contributed by atoms with E-state index in [2.05, 4.69) is 65.4 Å². The Morgan fingerprint density at radius 3 is 1.87 bits per heavy atom. The molecule has 0 atom stereocenters. The van der Waals surface area contributed by atoms with Gasteiger partial charge in [-0.05, 0) is 35.6 Å². The van der Waals surface area contributed by atoms with Gasteiger partial charge in [0.25, 0.3) is 0 Å². The number of aryl methyl sites for hydroxylation is 1. The lowest BCUT2D eigenvalue weighted by molar-refractivity contribution is 0.717. The molecule has 0 spiro atoms. The van der Waals surface area contributed by atoms with Crippen LogP contribution in [0, 0.1) is 0 Å². The number of hydrogen-bond donors (Lipinski definition) is 0. The average Bonchev–Trinajstić information content (AvgIpc) is 2.63. The highest BCUT2D eigenvalue weighted by Gasteiger charge is 2.02. The maximum Gasteiger partial charge on any atom is 0.159 e. The molecular weight excluding hydrogens is 280 g/mol. The van der Waals surface area contributed by atoms with Crippen LogP contribution in [-0.2, 0) is 6.42 Å². The molecular formula is C21H22N2. The highest BCUT2D eigenvalue weighted by atomic mass is 14.8. The maximum absolute atomic E-state index is 4.29. The van der Waals surface area contributed by atoms with E-state index in [1.165, 1.54) is 42.4 Å². The largest absolute Gasteiger partial charge is 0.237 e. The summed E-state index contributed by atoms with van der Waals surface area (Å²) in [5.41, 5.74) is 4.96. The lowest BCUT2D eigenvalue weighted by Gasteiger charge is -2.06. The van der Waals surface area contributed by atoms with Crippen molar-refractivity contribution < 1.29 is 0 Å². The fourth-order valence-electron chi connectivity index (χ4n) is 2.70. The Labute approximate surface area is 138 Å². The fraction of sp³-hybridized carbons (Fsp3) is 0.238. The topological polar surface area (TPSA) is 25.8 Å². The Hall–Kier alpha value is -2.48. The smallest absolute Gasteiger partial charge is 0.159 e. The minimum Gasteiger partial charge on any atom is -0.237 e. The third-order valence-electron chi connectivity index (χ3n) is 4.07. The molecule has 1 heterocycles. The molecule has 0 amide bonds. The van der Waals surface area contributed by atoms with Gasteiger partial charge in [0, 0.05) is 18.0 Å². The molecule has 0 radical (unpaired) electrons. The van der Waals surface area contributed by atoms with Crippen LogP contribution in [0.2, 0.25) is 0 Å². The summed E-state index contributed by atoms with van der Waals surface area (Å²) in [6.07, 6.45) is 8.58. The van der Waals surface area contributed by atoms with Gasteiger partial charge in [-0.15, -0.1) is 0 Å². The molecule has 0 bridgehead atoms. The summed E-state index contributed by atoms with van der Waals surface area (Å²) < 4.78 is 0. The summed E-state index contributed by atoms with van der Waals surface area (Å²) in [5, 5.41) is 0. The summed E-state index contributed by atoms with van der Waals surface area (Å²) in [7, 11) is 0. The van der Waals surface area contributed by atoms with Crippen molar-refractivity contribution in [3.63, 3.8) is 0 Å². The molecule has 2 aromatic carbocycles. The first kappa shape index (κ1) is 15.4. The van der Waals surface area contributed by atoms with Gasteiger partial charge in [0.15, 0.2) is 5.82 Å². The van der Waals surface area contributed by atoms with E-state index in [-0.39, 0.29) is 0 Å². The molecule has 0 aliphatic heterocycles. The van der Waals surface area contributed by atoms with E-state index < -0.39 is 0 Å². The summed E-state index contributed by atoms with van der Waals surface area (Å²) in [6.45, 7) is 2.24. The first-order chi connectivity index (χ1) is 11.4. The summed E-state index contributed by atoms with van der Waals surface area (Å²) in [5.74, 6) is 0.769. The first-order valence-electron chi connectivity index (χ1n) is 8.33. The normalized spacial score (nSPS) is 10.7. The number of aromatic nitrogens is 2. The number of rotatable bonds is 6. The maximum atomic E-state index is 4.29. The summed E-state index contributed by atoms with van der Waals surface area (Å²) in [4.78, 5) is 8.57. The highest BCUT2D eigenvalue weighted by molar-refractivity contribution is 5.67. The summed E-state index contributed by atoms with van der Waals surface area (Å²) >= 11 is 0. The zero-order valence-electron chi connectivity index (χ0n) is 13.6. The van der Waals surface area contributed by atoms with Crippen molar-refractivity contribution in [1.82, 2.24) is 9.97 Å². The molecule has 0 fully saturated rings. The molecule has 0 N–H and O–H groups in total. The molecule has 0 aliphatic rings. The Morgan fingerprint density at radius 1 is 0.696 bits per heavy atom. The molecule has 1 aromatic heterocycles. The van der Waals surface area contributed by atoms with Crippen molar-refractivity contribution in [2.24, 2.45) is 0 Å². The van der Waals surface area contributed by atoms with Crippen molar-refractivity contribution in [1.29, 1.82) is 0 Å². The Morgan fingerprint density at radius 2 is 1.26 bits per heavy atom. The van der Waals surface area contributed by atoms with Gasteiger partial charge in [0.2, 0.25) is 0 Å². The van der Waals surface area contributed by atoms with Crippen molar-refractivity contribution in [3.05, 3.63) is 72.6 Å². The van der Waals surface area contributed by atoms with Gasteiger partial charge in [-0.1, -0.05) is 68.3 Å². The second-order valence-electron chi connectivity index (χ2n) is 5.80. The molecule has 0 unspecified atom stereocenters. The fourth-order valence-corrected chi connectivity index (χ4v) is 2.70. The monoisotopic (exact) mass is 302 g/mol. The predicted octanol–water partition coefficient (Wildman–Crippen LogP) is 5.54. The third kappa shape index (κ3) is 4.04. The minimum atomic E-state index is 0.769. The lowest BCUT2D eigenvalue weighted by atomic mass is 10.0. The van der Waals surface area contributed by atoms with Crippen molar-refractivity contribution >= 4 is 0 Å². The van der Waals surface area contributed by atoms with Gasteiger partial charge >= 0.3 is 0 Å². The van der Waals surface area contributed by atoms with E-state index in [4.69, 9.17) is 0 Å². The van der Waals surface area contributed by atoms with Gasteiger partial charge in [0.05, 0.1) is 0 Å². The molecule has 2 heteroatoms. The van der Waals surface area contributed by atoms with Gasteiger partial charge in [-0.3, -0.25) is 0 Å². The van der Waals surface area contributed by atoms with Crippen LogP contribution in [0.3, 0.4) is 0 Å². The molecule has 2 nitrogen and oxygen atoms in total. The van der Waals surface area contributed by atoms with Crippen LogP contribution in [0.5, 0.6) is 0 Å². The quantitative estimate of drug-likeness (QED) is 0.558. The zero-order chi connectivity index (χ0) is 15.9. The van der Waals surface area contributed by atoms with E-state index in [9.17, 15) is 0 Å². The number of unbranched alkanes of at least 4 members (excludes halogenated alkanes) is 2.